The molecule has 0 aliphatic carbocycles. The van der Waals surface area contributed by atoms with Crippen LogP contribution in [0.2, 0.25) is 0 Å². The normalized spacial score (nSPS) is 20.3. The van der Waals surface area contributed by atoms with Crippen LogP contribution >= 0.6 is 0 Å². The maximum atomic E-state index is 12.9. The van der Waals surface area contributed by atoms with Gasteiger partial charge in [-0.25, -0.2) is 0 Å². The first-order valence-corrected chi connectivity index (χ1v) is 9.99. The average Bonchev–Trinajstić information content (AvgIpc) is 3.12. The minimum Gasteiger partial charge on any atom is -0.493 e. The van der Waals surface area contributed by atoms with Crippen molar-refractivity contribution in [3.63, 3.8) is 0 Å². The van der Waals surface area contributed by atoms with Crippen molar-refractivity contribution in [2.45, 2.75) is 31.7 Å². The van der Waals surface area contributed by atoms with Crippen molar-refractivity contribution < 1.29 is 19.1 Å². The Hall–Kier alpha value is -2.28. The molecule has 2 saturated heterocycles. The van der Waals surface area contributed by atoms with Gasteiger partial charge < -0.3 is 24.6 Å². The maximum absolute atomic E-state index is 12.9. The molecule has 1 aromatic carbocycles. The second-order valence-electron chi connectivity index (χ2n) is 7.61. The number of hydrogen-bond acceptors (Lipinski definition) is 5. The molecule has 154 valence electrons. The van der Waals surface area contributed by atoms with Crippen molar-refractivity contribution in [3.8, 4) is 11.5 Å². The number of carbonyl (C=O) groups excluding carboxylic acids is 2. The number of methoxy groups -OCH3 is 2. The van der Waals surface area contributed by atoms with E-state index >= 15 is 0 Å². The Balaban J connectivity index is 1.55. The largest absolute Gasteiger partial charge is 0.493 e. The molecule has 1 unspecified atom stereocenters. The molecule has 7 nitrogen and oxygen atoms in total. The molecule has 2 aliphatic rings. The maximum Gasteiger partial charge on any atom is 0.227 e. The zero-order chi connectivity index (χ0) is 20.1. The molecule has 2 fully saturated rings. The predicted molar refractivity (Wildman–Crippen MR) is 107 cm³/mol. The highest BCUT2D eigenvalue weighted by molar-refractivity contribution is 5.89. The van der Waals surface area contributed by atoms with Crippen LogP contribution < -0.4 is 14.8 Å². The highest BCUT2D eigenvalue weighted by Gasteiger charge is 2.37. The smallest absolute Gasteiger partial charge is 0.227 e. The molecular formula is C21H31N3O4. The number of ether oxygens (including phenoxy) is 2. The van der Waals surface area contributed by atoms with Gasteiger partial charge in [0.15, 0.2) is 11.5 Å². The summed E-state index contributed by atoms with van der Waals surface area (Å²) in [6, 6.07) is 6.08. The van der Waals surface area contributed by atoms with Crippen LogP contribution in [-0.2, 0) is 16.0 Å². The fourth-order valence-electron chi connectivity index (χ4n) is 4.12. The molecule has 7 heteroatoms. The van der Waals surface area contributed by atoms with Gasteiger partial charge in [0.25, 0.3) is 0 Å². The van der Waals surface area contributed by atoms with E-state index in [1.54, 1.807) is 14.2 Å². The zero-order valence-electron chi connectivity index (χ0n) is 17.1. The number of amides is 2. The van der Waals surface area contributed by atoms with E-state index < -0.39 is 0 Å². The average molecular weight is 389 g/mol. The summed E-state index contributed by atoms with van der Waals surface area (Å²) in [4.78, 5) is 29.0. The van der Waals surface area contributed by atoms with Gasteiger partial charge >= 0.3 is 0 Å². The Labute approximate surface area is 167 Å². The molecule has 2 amide bonds. The fraction of sp³-hybridized carbons (Fsp3) is 0.619. The topological polar surface area (TPSA) is 71.1 Å². The van der Waals surface area contributed by atoms with E-state index in [-0.39, 0.29) is 23.8 Å². The lowest BCUT2D eigenvalue weighted by Crippen LogP contribution is -2.46. The Morgan fingerprint density at radius 2 is 1.93 bits per heavy atom. The van der Waals surface area contributed by atoms with Crippen molar-refractivity contribution in [3.05, 3.63) is 23.8 Å². The molecular weight excluding hydrogens is 358 g/mol. The number of rotatable bonds is 7. The van der Waals surface area contributed by atoms with E-state index in [2.05, 4.69) is 5.32 Å². The van der Waals surface area contributed by atoms with Gasteiger partial charge in [-0.1, -0.05) is 6.07 Å². The van der Waals surface area contributed by atoms with Gasteiger partial charge in [0.2, 0.25) is 11.8 Å². The number of nitrogens with one attached hydrogen (secondary N) is 1. The highest BCUT2D eigenvalue weighted by atomic mass is 16.5. The summed E-state index contributed by atoms with van der Waals surface area (Å²) in [6.07, 6.45) is 3.00. The second kappa shape index (κ2) is 9.28. The first-order chi connectivity index (χ1) is 13.5. The molecule has 1 aromatic rings. The number of carbonyl (C=O) groups is 2. The molecule has 0 radical (unpaired) electrons. The van der Waals surface area contributed by atoms with Gasteiger partial charge in [0, 0.05) is 32.6 Å². The number of benzene rings is 1. The lowest BCUT2D eigenvalue weighted by molar-refractivity contribution is -0.137. The molecule has 1 atom stereocenters. The lowest BCUT2D eigenvalue weighted by atomic mass is 10.0. The summed E-state index contributed by atoms with van der Waals surface area (Å²) >= 11 is 0. The first kappa shape index (κ1) is 20.5. The number of likely N-dealkylation sites (tertiary alicyclic amines) is 1. The van der Waals surface area contributed by atoms with Gasteiger partial charge in [-0.2, -0.15) is 0 Å². The van der Waals surface area contributed by atoms with Crippen LogP contribution in [0.4, 0.5) is 0 Å². The van der Waals surface area contributed by atoms with Crippen molar-refractivity contribution >= 4 is 11.8 Å². The number of piperidine rings is 1. The van der Waals surface area contributed by atoms with Gasteiger partial charge in [0.05, 0.1) is 20.1 Å². The fourth-order valence-corrected chi connectivity index (χ4v) is 4.12. The van der Waals surface area contributed by atoms with Crippen LogP contribution in [0.15, 0.2) is 18.2 Å². The summed E-state index contributed by atoms with van der Waals surface area (Å²) in [6.45, 7) is 3.02. The number of hydrogen-bond donors (Lipinski definition) is 1. The second-order valence-corrected chi connectivity index (χ2v) is 7.61. The third kappa shape index (κ3) is 4.58. The minimum absolute atomic E-state index is 0.0672. The Bertz CT molecular complexity index is 703. The van der Waals surface area contributed by atoms with E-state index in [0.29, 0.717) is 31.0 Å². The first-order valence-electron chi connectivity index (χ1n) is 9.99. The third-order valence-electron chi connectivity index (χ3n) is 5.89. The molecule has 0 saturated carbocycles. The SMILES string of the molecule is COc1ccc(CCN2CC(C(=O)N(C)C3CCNCC3)CC2=O)cc1OC. The van der Waals surface area contributed by atoms with Gasteiger partial charge in [-0.05, 0) is 50.0 Å². The molecule has 0 aromatic heterocycles. The Kier molecular flexibility index (Phi) is 6.78. The molecule has 3 rings (SSSR count). The predicted octanol–water partition coefficient (Wildman–Crippen LogP) is 1.31. The molecule has 2 aliphatic heterocycles. The zero-order valence-corrected chi connectivity index (χ0v) is 17.1. The third-order valence-corrected chi connectivity index (χ3v) is 5.89. The van der Waals surface area contributed by atoms with Crippen molar-refractivity contribution in [1.29, 1.82) is 0 Å². The summed E-state index contributed by atoms with van der Waals surface area (Å²) in [5, 5.41) is 3.32. The van der Waals surface area contributed by atoms with E-state index in [9.17, 15) is 9.59 Å². The molecule has 28 heavy (non-hydrogen) atoms. The Morgan fingerprint density at radius 3 is 2.61 bits per heavy atom. The standard InChI is InChI=1S/C21H31N3O4/c1-23(17-6-9-22-10-7-17)21(26)16-13-20(25)24(14-16)11-8-15-4-5-18(27-2)19(12-15)28-3/h4-5,12,16-17,22H,6-11,13-14H2,1-3H3. The summed E-state index contributed by atoms with van der Waals surface area (Å²) < 4.78 is 10.6. The van der Waals surface area contributed by atoms with Crippen LogP contribution in [0.1, 0.15) is 24.8 Å². The quantitative estimate of drug-likeness (QED) is 0.761. The van der Waals surface area contributed by atoms with Gasteiger partial charge in [-0.3, -0.25) is 9.59 Å². The highest BCUT2D eigenvalue weighted by Crippen LogP contribution is 2.28. The summed E-state index contributed by atoms with van der Waals surface area (Å²) in [5.74, 6) is 1.32. The van der Waals surface area contributed by atoms with Crippen LogP contribution in [0.3, 0.4) is 0 Å². The van der Waals surface area contributed by atoms with Crippen LogP contribution in [0.25, 0.3) is 0 Å². The van der Waals surface area contributed by atoms with Gasteiger partial charge in [0.1, 0.15) is 0 Å². The van der Waals surface area contributed by atoms with Crippen LogP contribution in [0, 0.1) is 5.92 Å². The monoisotopic (exact) mass is 389 g/mol. The van der Waals surface area contributed by atoms with E-state index in [4.69, 9.17) is 9.47 Å². The van der Waals surface area contributed by atoms with Crippen molar-refractivity contribution in [1.82, 2.24) is 15.1 Å². The molecule has 2 heterocycles. The van der Waals surface area contributed by atoms with Crippen molar-refractivity contribution in [2.24, 2.45) is 5.92 Å². The van der Waals surface area contributed by atoms with E-state index in [0.717, 1.165) is 37.9 Å². The van der Waals surface area contributed by atoms with Gasteiger partial charge in [-0.15, -0.1) is 0 Å². The molecule has 1 N–H and O–H groups in total. The van der Waals surface area contributed by atoms with E-state index in [1.165, 1.54) is 0 Å². The van der Waals surface area contributed by atoms with Crippen LogP contribution in [0.5, 0.6) is 11.5 Å². The molecule has 0 bridgehead atoms. The van der Waals surface area contributed by atoms with Crippen LogP contribution in [-0.4, -0.2) is 75.1 Å². The van der Waals surface area contributed by atoms with Crippen molar-refractivity contribution in [2.75, 3.05) is 47.4 Å². The Morgan fingerprint density at radius 1 is 1.21 bits per heavy atom. The lowest BCUT2D eigenvalue weighted by Gasteiger charge is -2.33. The number of nitrogens with zero attached hydrogens (tertiary/aromatic N) is 2. The van der Waals surface area contributed by atoms with E-state index in [1.807, 2.05) is 35.0 Å². The summed E-state index contributed by atoms with van der Waals surface area (Å²) in [5.41, 5.74) is 1.08. The summed E-state index contributed by atoms with van der Waals surface area (Å²) in [7, 11) is 5.11. The molecule has 0 spiro atoms. The minimum atomic E-state index is -0.224.